The van der Waals surface area contributed by atoms with Crippen LogP contribution in [0, 0.1) is 22.7 Å². The second kappa shape index (κ2) is 7.29. The molecule has 2 heteroatoms. The number of carbonyl (C=O) groups excluding carboxylic acids is 2. The van der Waals surface area contributed by atoms with E-state index in [0.717, 1.165) is 24.3 Å². The van der Waals surface area contributed by atoms with Crippen LogP contribution in [0.5, 0.6) is 0 Å². The molecule has 2 fully saturated rings. The lowest BCUT2D eigenvalue weighted by Crippen LogP contribution is -2.46. The van der Waals surface area contributed by atoms with Gasteiger partial charge in [-0.3, -0.25) is 9.59 Å². The maximum Gasteiger partial charge on any atom is 0.159 e. The first kappa shape index (κ1) is 20.9. The van der Waals surface area contributed by atoms with Gasteiger partial charge in [0.2, 0.25) is 0 Å². The number of hydrogen-bond donors (Lipinski definition) is 0. The van der Waals surface area contributed by atoms with Gasteiger partial charge in [0.05, 0.1) is 0 Å². The number of allylic oxidation sites excluding steroid dienone is 4. The van der Waals surface area contributed by atoms with Crippen LogP contribution in [-0.2, 0) is 4.79 Å². The van der Waals surface area contributed by atoms with Crippen molar-refractivity contribution in [3.8, 4) is 0 Å². The highest BCUT2D eigenvalue weighted by atomic mass is 16.1. The minimum Gasteiger partial charge on any atom is -0.295 e. The molecule has 0 saturated heterocycles. The van der Waals surface area contributed by atoms with E-state index in [4.69, 9.17) is 0 Å². The molecule has 0 aliphatic heterocycles. The zero-order chi connectivity index (χ0) is 22.0. The summed E-state index contributed by atoms with van der Waals surface area (Å²) in [6.45, 7) is 9.15. The number of hydrogen-bond acceptors (Lipinski definition) is 2. The summed E-state index contributed by atoms with van der Waals surface area (Å²) >= 11 is 0. The van der Waals surface area contributed by atoms with Crippen LogP contribution in [0.2, 0.25) is 0 Å². The van der Waals surface area contributed by atoms with E-state index >= 15 is 0 Å². The highest BCUT2D eigenvalue weighted by Crippen LogP contribution is 2.70. The van der Waals surface area contributed by atoms with Gasteiger partial charge in [-0.2, -0.15) is 0 Å². The average molecular weight is 417 g/mol. The van der Waals surface area contributed by atoms with E-state index in [2.05, 4.69) is 32.9 Å². The summed E-state index contributed by atoms with van der Waals surface area (Å²) in [6.07, 6.45) is 10.9. The molecule has 1 aromatic rings. The molecule has 0 unspecified atom stereocenters. The molecule has 5 atom stereocenters. The van der Waals surface area contributed by atoms with E-state index in [1.54, 1.807) is 12.5 Å². The van der Waals surface area contributed by atoms with Crippen molar-refractivity contribution in [3.05, 3.63) is 58.2 Å². The van der Waals surface area contributed by atoms with Gasteiger partial charge in [0.1, 0.15) is 0 Å². The predicted octanol–water partition coefficient (Wildman–Crippen LogP) is 7.21. The van der Waals surface area contributed by atoms with Gasteiger partial charge in [0.25, 0.3) is 0 Å². The molecule has 1 aromatic carbocycles. The third-order valence-electron chi connectivity index (χ3n) is 10.0. The molecule has 31 heavy (non-hydrogen) atoms. The van der Waals surface area contributed by atoms with Crippen molar-refractivity contribution in [1.29, 1.82) is 0 Å². The summed E-state index contributed by atoms with van der Waals surface area (Å²) < 4.78 is 0. The maximum absolute atomic E-state index is 12.2. The molecular weight excluding hydrogens is 380 g/mol. The molecule has 2 saturated carbocycles. The summed E-state index contributed by atoms with van der Waals surface area (Å²) in [7, 11) is 0. The van der Waals surface area contributed by atoms with Crippen LogP contribution in [0.1, 0.15) is 101 Å². The van der Waals surface area contributed by atoms with Crippen LogP contribution in [0.15, 0.2) is 47.1 Å². The van der Waals surface area contributed by atoms with Crippen LogP contribution in [-0.4, -0.2) is 11.6 Å². The van der Waals surface area contributed by atoms with Gasteiger partial charge < -0.3 is 0 Å². The Hall–Kier alpha value is -1.96. The molecule has 0 heterocycles. The van der Waals surface area contributed by atoms with Gasteiger partial charge in [-0.25, -0.2) is 0 Å². The monoisotopic (exact) mass is 416 g/mol. The number of benzene rings is 1. The smallest absolute Gasteiger partial charge is 0.159 e. The zero-order valence-corrected chi connectivity index (χ0v) is 19.6. The Kier molecular flexibility index (Phi) is 4.92. The minimum atomic E-state index is 0.130. The molecule has 4 aliphatic rings. The first-order chi connectivity index (χ1) is 14.8. The standard InChI is InChI=1S/C29H36O2/c1-5-28(3)15-14-26-24-12-10-21-16-22(31)11-13-23(21)27(24)25(17-29(26,28)4)20-8-6-19(7-9-20)18(2)30/h6-9,16,24-26H,5,10-15,17H2,1-4H3/t24-,25+,26-,28+,29-/m0/s1. The second-order valence-electron chi connectivity index (χ2n) is 11.1. The van der Waals surface area contributed by atoms with Crippen molar-refractivity contribution in [2.75, 3.05) is 0 Å². The van der Waals surface area contributed by atoms with Crippen molar-refractivity contribution < 1.29 is 9.59 Å². The summed E-state index contributed by atoms with van der Waals surface area (Å²) in [5, 5.41) is 0. The summed E-state index contributed by atoms with van der Waals surface area (Å²) in [5.74, 6) is 2.24. The molecular formula is C29H36O2. The highest BCUT2D eigenvalue weighted by Gasteiger charge is 2.60. The summed E-state index contributed by atoms with van der Waals surface area (Å²) in [4.78, 5) is 24.0. The van der Waals surface area contributed by atoms with Gasteiger partial charge in [0, 0.05) is 17.9 Å². The Bertz CT molecular complexity index is 994. The molecule has 0 amide bonds. The van der Waals surface area contributed by atoms with Gasteiger partial charge in [-0.1, -0.05) is 57.0 Å². The van der Waals surface area contributed by atoms with E-state index in [9.17, 15) is 9.59 Å². The van der Waals surface area contributed by atoms with Gasteiger partial charge >= 0.3 is 0 Å². The predicted molar refractivity (Wildman–Crippen MR) is 125 cm³/mol. The Morgan fingerprint density at radius 1 is 1.06 bits per heavy atom. The molecule has 0 spiro atoms. The quantitative estimate of drug-likeness (QED) is 0.488. The van der Waals surface area contributed by atoms with E-state index < -0.39 is 0 Å². The lowest BCUT2D eigenvalue weighted by Gasteiger charge is -2.55. The Morgan fingerprint density at radius 2 is 1.81 bits per heavy atom. The van der Waals surface area contributed by atoms with E-state index in [1.807, 2.05) is 18.2 Å². The van der Waals surface area contributed by atoms with Gasteiger partial charge in [-0.05, 0) is 90.9 Å². The Labute approximate surface area is 187 Å². The molecule has 164 valence electrons. The van der Waals surface area contributed by atoms with Crippen LogP contribution in [0.4, 0.5) is 0 Å². The third-order valence-corrected chi connectivity index (χ3v) is 10.0. The third kappa shape index (κ3) is 3.04. The van der Waals surface area contributed by atoms with Gasteiger partial charge in [0.15, 0.2) is 11.6 Å². The highest BCUT2D eigenvalue weighted by molar-refractivity contribution is 5.94. The fourth-order valence-corrected chi connectivity index (χ4v) is 7.82. The van der Waals surface area contributed by atoms with Crippen LogP contribution < -0.4 is 0 Å². The maximum atomic E-state index is 12.2. The number of carbonyl (C=O) groups is 2. The van der Waals surface area contributed by atoms with Crippen LogP contribution >= 0.6 is 0 Å². The lowest BCUT2D eigenvalue weighted by molar-refractivity contribution is -0.114. The van der Waals surface area contributed by atoms with Crippen molar-refractivity contribution in [2.24, 2.45) is 22.7 Å². The van der Waals surface area contributed by atoms with E-state index in [1.165, 1.54) is 48.8 Å². The fraction of sp³-hybridized carbons (Fsp3) is 0.586. The Balaban J connectivity index is 1.67. The molecule has 0 bridgehead atoms. The summed E-state index contributed by atoms with van der Waals surface area (Å²) in [5.41, 5.74) is 7.39. The number of Topliss-reactive ketones (excluding diaryl/α,β-unsaturated/α-hetero) is 1. The normalized spacial score (nSPS) is 37.1. The van der Waals surface area contributed by atoms with Gasteiger partial charge in [-0.15, -0.1) is 0 Å². The number of ketones is 2. The topological polar surface area (TPSA) is 34.1 Å². The summed E-state index contributed by atoms with van der Waals surface area (Å²) in [6, 6.07) is 8.45. The molecule has 0 N–H and O–H groups in total. The van der Waals surface area contributed by atoms with E-state index in [0.29, 0.717) is 34.9 Å². The molecule has 0 aromatic heterocycles. The first-order valence-corrected chi connectivity index (χ1v) is 12.3. The second-order valence-corrected chi connectivity index (χ2v) is 11.1. The van der Waals surface area contributed by atoms with Crippen molar-refractivity contribution >= 4 is 11.6 Å². The Morgan fingerprint density at radius 3 is 2.48 bits per heavy atom. The lowest BCUT2D eigenvalue weighted by atomic mass is 9.49. The van der Waals surface area contributed by atoms with Crippen LogP contribution in [0.25, 0.3) is 0 Å². The molecule has 5 rings (SSSR count). The largest absolute Gasteiger partial charge is 0.295 e. The SMILES string of the molecule is CC[C@]1(C)CC[C@H]2[C@@H]3CCC4=CC(=O)CCC4=C3[C@@H](c3ccc(C(C)=O)cc3)C[C@@]21C. The number of rotatable bonds is 3. The zero-order valence-electron chi connectivity index (χ0n) is 19.6. The molecule has 0 radical (unpaired) electrons. The first-order valence-electron chi connectivity index (χ1n) is 12.3. The fourth-order valence-electron chi connectivity index (χ4n) is 7.82. The number of fused-ring (bicyclic) bond motifs is 4. The molecule has 2 nitrogen and oxygen atoms in total. The average Bonchev–Trinajstić information content (AvgIpc) is 3.04. The molecule has 4 aliphatic carbocycles. The van der Waals surface area contributed by atoms with Crippen LogP contribution in [0.3, 0.4) is 0 Å². The van der Waals surface area contributed by atoms with E-state index in [-0.39, 0.29) is 5.78 Å². The van der Waals surface area contributed by atoms with Crippen molar-refractivity contribution in [3.63, 3.8) is 0 Å². The van der Waals surface area contributed by atoms with Crippen molar-refractivity contribution in [1.82, 2.24) is 0 Å². The van der Waals surface area contributed by atoms with Crippen molar-refractivity contribution in [2.45, 2.75) is 85.0 Å². The minimum absolute atomic E-state index is 0.130.